The van der Waals surface area contributed by atoms with Gasteiger partial charge in [-0.2, -0.15) is 0 Å². The van der Waals surface area contributed by atoms with Gasteiger partial charge in [0.1, 0.15) is 12.1 Å². The molecule has 0 saturated heterocycles. The lowest BCUT2D eigenvalue weighted by atomic mass is 10.3. The van der Waals surface area contributed by atoms with E-state index in [-0.39, 0.29) is 5.91 Å². The Hall–Kier alpha value is -1.69. The van der Waals surface area contributed by atoms with E-state index >= 15 is 0 Å². The molecule has 0 atom stereocenters. The predicted molar refractivity (Wildman–Crippen MR) is 78.4 cm³/mol. The van der Waals surface area contributed by atoms with E-state index in [0.717, 1.165) is 29.1 Å². The van der Waals surface area contributed by atoms with Gasteiger partial charge in [0.15, 0.2) is 0 Å². The van der Waals surface area contributed by atoms with Gasteiger partial charge in [-0.3, -0.25) is 4.79 Å². The Balaban J connectivity index is 1.92. The van der Waals surface area contributed by atoms with Gasteiger partial charge in [0.25, 0.3) is 0 Å². The molecule has 2 heterocycles. The van der Waals surface area contributed by atoms with Gasteiger partial charge < -0.3 is 10.2 Å². The van der Waals surface area contributed by atoms with Gasteiger partial charge in [-0.1, -0.05) is 0 Å². The molecule has 2 aromatic rings. The van der Waals surface area contributed by atoms with E-state index in [4.69, 9.17) is 0 Å². The number of fused-ring (bicyclic) bond motifs is 1. The van der Waals surface area contributed by atoms with E-state index < -0.39 is 0 Å². The first kappa shape index (κ1) is 13.7. The lowest BCUT2D eigenvalue weighted by Gasteiger charge is -2.18. The summed E-state index contributed by atoms with van der Waals surface area (Å²) < 4.78 is 1.04. The first-order chi connectivity index (χ1) is 9.26. The van der Waals surface area contributed by atoms with Crippen LogP contribution >= 0.6 is 11.3 Å². The summed E-state index contributed by atoms with van der Waals surface area (Å²) in [6, 6.07) is 1.97. The second kappa shape index (κ2) is 6.47. The SMILES string of the molecule is CCN(CC)C(=O)CCNc1ncnc2ccsc12. The van der Waals surface area contributed by atoms with E-state index in [2.05, 4.69) is 15.3 Å². The van der Waals surface area contributed by atoms with Gasteiger partial charge in [0.05, 0.1) is 10.2 Å². The quantitative estimate of drug-likeness (QED) is 0.881. The summed E-state index contributed by atoms with van der Waals surface area (Å²) in [6.45, 7) is 6.11. The second-order valence-electron chi connectivity index (χ2n) is 4.10. The monoisotopic (exact) mass is 278 g/mol. The number of carbonyl (C=O) groups is 1. The molecule has 0 spiro atoms. The van der Waals surface area contributed by atoms with Crippen molar-refractivity contribution in [2.45, 2.75) is 20.3 Å². The summed E-state index contributed by atoms with van der Waals surface area (Å²) in [4.78, 5) is 22.1. The van der Waals surface area contributed by atoms with Gasteiger partial charge in [0.2, 0.25) is 5.91 Å². The maximum atomic E-state index is 11.9. The Morgan fingerprint density at radius 2 is 2.16 bits per heavy atom. The molecule has 0 aliphatic carbocycles. The highest BCUT2D eigenvalue weighted by molar-refractivity contribution is 7.17. The van der Waals surface area contributed by atoms with Crippen LogP contribution in [0, 0.1) is 0 Å². The lowest BCUT2D eigenvalue weighted by molar-refractivity contribution is -0.130. The highest BCUT2D eigenvalue weighted by atomic mass is 32.1. The number of anilines is 1. The minimum Gasteiger partial charge on any atom is -0.368 e. The first-order valence-electron chi connectivity index (χ1n) is 6.46. The molecule has 2 rings (SSSR count). The Morgan fingerprint density at radius 1 is 1.37 bits per heavy atom. The lowest BCUT2D eigenvalue weighted by Crippen LogP contribution is -2.31. The Bertz CT molecular complexity index is 550. The number of nitrogens with zero attached hydrogens (tertiary/aromatic N) is 3. The highest BCUT2D eigenvalue weighted by Gasteiger charge is 2.09. The van der Waals surface area contributed by atoms with Crippen LogP contribution in [0.3, 0.4) is 0 Å². The molecule has 0 radical (unpaired) electrons. The third-order valence-electron chi connectivity index (χ3n) is 2.99. The largest absolute Gasteiger partial charge is 0.368 e. The van der Waals surface area contributed by atoms with Crippen molar-refractivity contribution in [1.82, 2.24) is 14.9 Å². The maximum absolute atomic E-state index is 11.9. The molecule has 0 saturated carbocycles. The van der Waals surface area contributed by atoms with Crippen molar-refractivity contribution in [3.05, 3.63) is 17.8 Å². The molecule has 19 heavy (non-hydrogen) atoms. The smallest absolute Gasteiger partial charge is 0.224 e. The highest BCUT2D eigenvalue weighted by Crippen LogP contribution is 2.24. The number of amides is 1. The van der Waals surface area contributed by atoms with E-state index in [1.165, 1.54) is 0 Å². The van der Waals surface area contributed by atoms with Crippen LogP contribution in [0.4, 0.5) is 5.82 Å². The number of thiophene rings is 1. The summed E-state index contributed by atoms with van der Waals surface area (Å²) in [5, 5.41) is 5.21. The van der Waals surface area contributed by atoms with Crippen molar-refractivity contribution >= 4 is 33.3 Å². The first-order valence-corrected chi connectivity index (χ1v) is 7.34. The molecule has 0 aliphatic heterocycles. The summed E-state index contributed by atoms with van der Waals surface area (Å²) in [6.07, 6.45) is 2.03. The molecule has 102 valence electrons. The molecule has 6 heteroatoms. The topological polar surface area (TPSA) is 58.1 Å². The van der Waals surface area contributed by atoms with Gasteiger partial charge in [0, 0.05) is 26.1 Å². The van der Waals surface area contributed by atoms with Crippen molar-refractivity contribution in [2.75, 3.05) is 25.0 Å². The van der Waals surface area contributed by atoms with Gasteiger partial charge in [-0.25, -0.2) is 9.97 Å². The van der Waals surface area contributed by atoms with Gasteiger partial charge >= 0.3 is 0 Å². The predicted octanol–water partition coefficient (Wildman–Crippen LogP) is 2.36. The second-order valence-corrected chi connectivity index (χ2v) is 5.02. The van der Waals surface area contributed by atoms with Crippen molar-refractivity contribution in [3.63, 3.8) is 0 Å². The summed E-state index contributed by atoms with van der Waals surface area (Å²) >= 11 is 1.61. The van der Waals surface area contributed by atoms with Crippen molar-refractivity contribution < 1.29 is 4.79 Å². The van der Waals surface area contributed by atoms with Crippen LogP contribution in [-0.4, -0.2) is 40.4 Å². The Kier molecular flexibility index (Phi) is 4.68. The van der Waals surface area contributed by atoms with Crippen LogP contribution in [0.1, 0.15) is 20.3 Å². The van der Waals surface area contributed by atoms with E-state index in [1.54, 1.807) is 17.7 Å². The maximum Gasteiger partial charge on any atom is 0.224 e. The van der Waals surface area contributed by atoms with Crippen molar-refractivity contribution in [3.8, 4) is 0 Å². The average Bonchev–Trinajstić information content (AvgIpc) is 2.89. The van der Waals surface area contributed by atoms with Crippen molar-refractivity contribution in [2.24, 2.45) is 0 Å². The third kappa shape index (κ3) is 3.20. The molecule has 0 aromatic carbocycles. The average molecular weight is 278 g/mol. The minimum atomic E-state index is 0.175. The van der Waals surface area contributed by atoms with Crippen LogP contribution in [0.5, 0.6) is 0 Å². The molecule has 0 bridgehead atoms. The molecular weight excluding hydrogens is 260 g/mol. The Labute approximate surface area is 116 Å². The minimum absolute atomic E-state index is 0.175. The number of hydrogen-bond donors (Lipinski definition) is 1. The van der Waals surface area contributed by atoms with Crippen LogP contribution < -0.4 is 5.32 Å². The van der Waals surface area contributed by atoms with Crippen LogP contribution in [0.15, 0.2) is 17.8 Å². The fraction of sp³-hybridized carbons (Fsp3) is 0.462. The van der Waals surface area contributed by atoms with Crippen LogP contribution in [0.25, 0.3) is 10.2 Å². The fourth-order valence-corrected chi connectivity index (χ4v) is 2.75. The molecule has 0 fully saturated rings. The summed E-state index contributed by atoms with van der Waals surface area (Å²) in [5.41, 5.74) is 0.942. The Morgan fingerprint density at radius 3 is 2.89 bits per heavy atom. The molecule has 1 N–H and O–H groups in total. The molecule has 0 aliphatic rings. The number of hydrogen-bond acceptors (Lipinski definition) is 5. The molecule has 1 amide bonds. The van der Waals surface area contributed by atoms with Gasteiger partial charge in [-0.15, -0.1) is 11.3 Å². The fourth-order valence-electron chi connectivity index (χ4n) is 1.94. The van der Waals surface area contributed by atoms with Crippen LogP contribution in [-0.2, 0) is 4.79 Å². The zero-order valence-electron chi connectivity index (χ0n) is 11.2. The summed E-state index contributed by atoms with van der Waals surface area (Å²) in [7, 11) is 0. The van der Waals surface area contributed by atoms with E-state index in [1.807, 2.05) is 30.2 Å². The molecule has 0 unspecified atom stereocenters. The summed E-state index contributed by atoms with van der Waals surface area (Å²) in [5.74, 6) is 0.987. The zero-order chi connectivity index (χ0) is 13.7. The number of aromatic nitrogens is 2. The number of rotatable bonds is 6. The normalized spacial score (nSPS) is 10.6. The van der Waals surface area contributed by atoms with E-state index in [0.29, 0.717) is 13.0 Å². The zero-order valence-corrected chi connectivity index (χ0v) is 12.0. The third-order valence-corrected chi connectivity index (χ3v) is 3.90. The standard InChI is InChI=1S/C13H18N4OS/c1-3-17(4-2)11(18)5-7-14-13-12-10(6-8-19-12)15-9-16-13/h6,8-9H,3-5,7H2,1-2H3,(H,14,15,16). The molecule has 2 aromatic heterocycles. The number of nitrogens with one attached hydrogen (secondary N) is 1. The van der Waals surface area contributed by atoms with Crippen LogP contribution in [0.2, 0.25) is 0 Å². The van der Waals surface area contributed by atoms with E-state index in [9.17, 15) is 4.79 Å². The number of carbonyl (C=O) groups excluding carboxylic acids is 1. The molecular formula is C13H18N4OS. The molecule has 5 nitrogen and oxygen atoms in total. The van der Waals surface area contributed by atoms with Gasteiger partial charge in [-0.05, 0) is 25.3 Å². The van der Waals surface area contributed by atoms with Crippen molar-refractivity contribution in [1.29, 1.82) is 0 Å².